The standard InChI is InChI=1S/C11H14F2N2O3/c1-3-18-11(16)6-5-15-7(4-14)9(17-2)8(6)10(12)13/h5,10H,3-4,14H2,1-2H3. The minimum Gasteiger partial charge on any atom is -0.494 e. The second-order valence-corrected chi connectivity index (χ2v) is 3.29. The van der Waals surface area contributed by atoms with Gasteiger partial charge < -0.3 is 15.2 Å². The topological polar surface area (TPSA) is 74.4 Å². The molecule has 0 saturated carbocycles. The third-order valence-electron chi connectivity index (χ3n) is 2.26. The van der Waals surface area contributed by atoms with Crippen molar-refractivity contribution in [2.24, 2.45) is 5.73 Å². The van der Waals surface area contributed by atoms with E-state index in [9.17, 15) is 13.6 Å². The summed E-state index contributed by atoms with van der Waals surface area (Å²) in [6.45, 7) is 1.60. The Hall–Kier alpha value is -1.76. The molecule has 18 heavy (non-hydrogen) atoms. The van der Waals surface area contributed by atoms with E-state index in [0.29, 0.717) is 0 Å². The number of aromatic nitrogens is 1. The molecule has 0 aromatic carbocycles. The van der Waals surface area contributed by atoms with Gasteiger partial charge in [0, 0.05) is 12.7 Å². The first-order valence-corrected chi connectivity index (χ1v) is 5.27. The van der Waals surface area contributed by atoms with E-state index < -0.39 is 18.0 Å². The van der Waals surface area contributed by atoms with Gasteiger partial charge in [0.25, 0.3) is 6.43 Å². The smallest absolute Gasteiger partial charge is 0.340 e. The van der Waals surface area contributed by atoms with E-state index in [1.807, 2.05) is 0 Å². The number of carbonyl (C=O) groups is 1. The summed E-state index contributed by atoms with van der Waals surface area (Å²) in [6, 6.07) is 0. The minimum atomic E-state index is -2.88. The fourth-order valence-electron chi connectivity index (χ4n) is 1.51. The van der Waals surface area contributed by atoms with Crippen LogP contribution in [0.15, 0.2) is 6.20 Å². The van der Waals surface area contributed by atoms with Gasteiger partial charge in [-0.3, -0.25) is 4.98 Å². The molecule has 7 heteroatoms. The number of nitrogens with two attached hydrogens (primary N) is 1. The van der Waals surface area contributed by atoms with E-state index in [-0.39, 0.29) is 30.2 Å². The van der Waals surface area contributed by atoms with Crippen LogP contribution in [-0.2, 0) is 11.3 Å². The first kappa shape index (κ1) is 14.3. The Morgan fingerprint density at radius 2 is 2.22 bits per heavy atom. The lowest BCUT2D eigenvalue weighted by Gasteiger charge is -2.14. The highest BCUT2D eigenvalue weighted by Gasteiger charge is 2.26. The number of carbonyl (C=O) groups excluding carboxylic acids is 1. The normalized spacial score (nSPS) is 10.6. The maximum absolute atomic E-state index is 13.0. The van der Waals surface area contributed by atoms with Crippen molar-refractivity contribution in [3.8, 4) is 5.75 Å². The maximum Gasteiger partial charge on any atom is 0.340 e. The van der Waals surface area contributed by atoms with Gasteiger partial charge in [0.1, 0.15) is 0 Å². The zero-order valence-corrected chi connectivity index (χ0v) is 10.1. The molecule has 0 aliphatic heterocycles. The Bertz CT molecular complexity index is 439. The zero-order valence-electron chi connectivity index (χ0n) is 10.1. The van der Waals surface area contributed by atoms with Gasteiger partial charge >= 0.3 is 5.97 Å². The number of halogens is 2. The third kappa shape index (κ3) is 2.73. The van der Waals surface area contributed by atoms with Crippen LogP contribution >= 0.6 is 0 Å². The van der Waals surface area contributed by atoms with Crippen molar-refractivity contribution in [2.75, 3.05) is 13.7 Å². The van der Waals surface area contributed by atoms with Gasteiger partial charge in [-0.05, 0) is 6.92 Å². The summed E-state index contributed by atoms with van der Waals surface area (Å²) in [6.07, 6.45) is -1.85. The number of hydrogen-bond donors (Lipinski definition) is 1. The fourth-order valence-corrected chi connectivity index (χ4v) is 1.51. The molecule has 0 amide bonds. The Kier molecular flexibility index (Phi) is 4.96. The quantitative estimate of drug-likeness (QED) is 0.815. The average Bonchev–Trinajstić information content (AvgIpc) is 2.36. The second-order valence-electron chi connectivity index (χ2n) is 3.29. The van der Waals surface area contributed by atoms with Crippen molar-refractivity contribution in [1.29, 1.82) is 0 Å². The second kappa shape index (κ2) is 6.25. The monoisotopic (exact) mass is 260 g/mol. The number of rotatable bonds is 5. The lowest BCUT2D eigenvalue weighted by Crippen LogP contribution is -2.13. The van der Waals surface area contributed by atoms with Gasteiger partial charge in [-0.25, -0.2) is 13.6 Å². The molecule has 0 spiro atoms. The van der Waals surface area contributed by atoms with Gasteiger partial charge in [-0.2, -0.15) is 0 Å². The summed E-state index contributed by atoms with van der Waals surface area (Å²) in [4.78, 5) is 15.4. The molecule has 0 bridgehead atoms. The van der Waals surface area contributed by atoms with Crippen molar-refractivity contribution in [1.82, 2.24) is 4.98 Å². The summed E-state index contributed by atoms with van der Waals surface area (Å²) >= 11 is 0. The van der Waals surface area contributed by atoms with Gasteiger partial charge in [0.15, 0.2) is 5.75 Å². The number of hydrogen-bond acceptors (Lipinski definition) is 5. The molecular weight excluding hydrogens is 246 g/mol. The summed E-state index contributed by atoms with van der Waals surface area (Å²) in [5.74, 6) is -1.03. The van der Waals surface area contributed by atoms with E-state index >= 15 is 0 Å². The summed E-state index contributed by atoms with van der Waals surface area (Å²) in [7, 11) is 1.22. The van der Waals surface area contributed by atoms with Crippen LogP contribution in [0.5, 0.6) is 5.75 Å². The van der Waals surface area contributed by atoms with Crippen molar-refractivity contribution in [3.05, 3.63) is 23.0 Å². The SMILES string of the molecule is CCOC(=O)c1cnc(CN)c(OC)c1C(F)F. The van der Waals surface area contributed by atoms with Crippen LogP contribution in [-0.4, -0.2) is 24.7 Å². The van der Waals surface area contributed by atoms with Crippen LogP contribution < -0.4 is 10.5 Å². The molecule has 100 valence electrons. The Morgan fingerprint density at radius 3 is 2.67 bits per heavy atom. The molecule has 0 atom stereocenters. The van der Waals surface area contributed by atoms with Gasteiger partial charge in [0.05, 0.1) is 30.5 Å². The number of methoxy groups -OCH3 is 1. The fraction of sp³-hybridized carbons (Fsp3) is 0.455. The van der Waals surface area contributed by atoms with Crippen molar-refractivity contribution >= 4 is 5.97 Å². The van der Waals surface area contributed by atoms with Crippen molar-refractivity contribution in [2.45, 2.75) is 19.9 Å². The van der Waals surface area contributed by atoms with Gasteiger partial charge in [0.2, 0.25) is 0 Å². The molecule has 1 aromatic heterocycles. The van der Waals surface area contributed by atoms with Crippen LogP contribution in [0.2, 0.25) is 0 Å². The Morgan fingerprint density at radius 1 is 1.56 bits per heavy atom. The van der Waals surface area contributed by atoms with Crippen LogP contribution in [0.1, 0.15) is 35.0 Å². The predicted octanol–water partition coefficient (Wildman–Crippen LogP) is 1.66. The van der Waals surface area contributed by atoms with E-state index in [4.69, 9.17) is 15.2 Å². The molecule has 0 radical (unpaired) electrons. The number of nitrogens with zero attached hydrogens (tertiary/aromatic N) is 1. The molecule has 1 aromatic rings. The molecule has 0 unspecified atom stereocenters. The molecule has 5 nitrogen and oxygen atoms in total. The number of ether oxygens (including phenoxy) is 2. The molecular formula is C11H14F2N2O3. The molecule has 0 aliphatic carbocycles. The highest BCUT2D eigenvalue weighted by atomic mass is 19.3. The van der Waals surface area contributed by atoms with E-state index in [1.165, 1.54) is 7.11 Å². The highest BCUT2D eigenvalue weighted by Crippen LogP contribution is 2.34. The van der Waals surface area contributed by atoms with Crippen LogP contribution in [0.25, 0.3) is 0 Å². The zero-order chi connectivity index (χ0) is 13.7. The first-order chi connectivity index (χ1) is 8.56. The molecule has 1 heterocycles. The maximum atomic E-state index is 13.0. The molecule has 1 rings (SSSR count). The first-order valence-electron chi connectivity index (χ1n) is 5.27. The average molecular weight is 260 g/mol. The summed E-state index contributed by atoms with van der Waals surface area (Å²) < 4.78 is 35.6. The summed E-state index contributed by atoms with van der Waals surface area (Å²) in [5.41, 5.74) is 4.70. The van der Waals surface area contributed by atoms with E-state index in [1.54, 1.807) is 6.92 Å². The van der Waals surface area contributed by atoms with Gasteiger partial charge in [-0.1, -0.05) is 0 Å². The predicted molar refractivity (Wildman–Crippen MR) is 59.6 cm³/mol. The molecule has 0 fully saturated rings. The van der Waals surface area contributed by atoms with E-state index in [2.05, 4.69) is 4.98 Å². The lowest BCUT2D eigenvalue weighted by atomic mass is 10.1. The molecule has 2 N–H and O–H groups in total. The lowest BCUT2D eigenvalue weighted by molar-refractivity contribution is 0.0513. The third-order valence-corrected chi connectivity index (χ3v) is 2.26. The van der Waals surface area contributed by atoms with Crippen LogP contribution in [0, 0.1) is 0 Å². The number of pyridine rings is 1. The number of esters is 1. The van der Waals surface area contributed by atoms with Crippen molar-refractivity contribution in [3.63, 3.8) is 0 Å². The Labute approximate surface area is 103 Å². The summed E-state index contributed by atoms with van der Waals surface area (Å²) in [5, 5.41) is 0. The molecule has 0 aliphatic rings. The number of alkyl halides is 2. The van der Waals surface area contributed by atoms with Crippen molar-refractivity contribution < 1.29 is 23.0 Å². The highest BCUT2D eigenvalue weighted by molar-refractivity contribution is 5.91. The van der Waals surface area contributed by atoms with E-state index in [0.717, 1.165) is 6.20 Å². The largest absolute Gasteiger partial charge is 0.494 e. The molecule has 0 saturated heterocycles. The Balaban J connectivity index is 3.39. The van der Waals surface area contributed by atoms with Gasteiger partial charge in [-0.15, -0.1) is 0 Å². The van der Waals surface area contributed by atoms with Crippen LogP contribution in [0.3, 0.4) is 0 Å². The minimum absolute atomic E-state index is 0.0635. The van der Waals surface area contributed by atoms with Crippen LogP contribution in [0.4, 0.5) is 8.78 Å².